The monoisotopic (exact) mass is 350 g/mol. The number of rotatable bonds is 10. The number of aromatic carboxylic acids is 1. The topological polar surface area (TPSA) is 131 Å². The second-order valence-corrected chi connectivity index (χ2v) is 5.80. The molecule has 0 saturated carbocycles. The van der Waals surface area contributed by atoms with Gasteiger partial charge in [-0.15, -0.1) is 0 Å². The summed E-state index contributed by atoms with van der Waals surface area (Å²) in [7, 11) is 0. The Bertz CT molecular complexity index is 685. The Hall–Kier alpha value is -2.64. The fourth-order valence-electron chi connectivity index (χ4n) is 2.58. The zero-order valence-corrected chi connectivity index (χ0v) is 14.9. The van der Waals surface area contributed by atoms with Crippen molar-refractivity contribution in [3.63, 3.8) is 0 Å². The van der Waals surface area contributed by atoms with E-state index in [1.54, 1.807) is 26.8 Å². The standard InChI is InChI=1S/C17H26N4O4/c1-4-19-15(17(24)25)13(12(3)18)8-6-5-7-9-21-14(16(22)23)10-11(2)20-21/h10H,4-9,18H2,1-3H3,(H,22,23)(H,24,25). The van der Waals surface area contributed by atoms with Crippen LogP contribution in [-0.2, 0) is 11.3 Å². The molecule has 1 rings (SSSR count). The van der Waals surface area contributed by atoms with Crippen molar-refractivity contribution in [2.75, 3.05) is 6.54 Å². The summed E-state index contributed by atoms with van der Waals surface area (Å²) >= 11 is 0. The number of nitrogens with two attached hydrogens (primary N) is 1. The minimum Gasteiger partial charge on any atom is -0.477 e. The lowest BCUT2D eigenvalue weighted by Crippen LogP contribution is -2.19. The van der Waals surface area contributed by atoms with Crippen molar-refractivity contribution in [3.05, 3.63) is 28.7 Å². The van der Waals surface area contributed by atoms with Crippen LogP contribution in [0.2, 0.25) is 0 Å². The lowest BCUT2D eigenvalue weighted by atomic mass is 10.0. The molecule has 0 bridgehead atoms. The summed E-state index contributed by atoms with van der Waals surface area (Å²) in [6.07, 6.45) is 2.80. The average molecular weight is 350 g/mol. The van der Waals surface area contributed by atoms with Crippen LogP contribution in [0.3, 0.4) is 0 Å². The van der Waals surface area contributed by atoms with Crippen LogP contribution in [0.15, 0.2) is 22.3 Å². The Balaban J connectivity index is 2.59. The maximum Gasteiger partial charge on any atom is 0.354 e. The zero-order chi connectivity index (χ0) is 19.0. The predicted molar refractivity (Wildman–Crippen MR) is 94.9 cm³/mol. The number of carboxylic acids is 2. The van der Waals surface area contributed by atoms with E-state index in [9.17, 15) is 14.7 Å². The molecule has 1 heterocycles. The molecule has 4 N–H and O–H groups in total. The maximum atomic E-state index is 11.3. The van der Waals surface area contributed by atoms with Crippen LogP contribution in [0, 0.1) is 6.92 Å². The van der Waals surface area contributed by atoms with Crippen LogP contribution in [0.25, 0.3) is 0 Å². The molecule has 0 unspecified atom stereocenters. The van der Waals surface area contributed by atoms with Crippen LogP contribution < -0.4 is 5.73 Å². The molecule has 0 saturated heterocycles. The minimum absolute atomic E-state index is 0.0263. The third-order valence-corrected chi connectivity index (χ3v) is 3.70. The summed E-state index contributed by atoms with van der Waals surface area (Å²) in [5.41, 5.74) is 7.73. The smallest absolute Gasteiger partial charge is 0.354 e. The first kappa shape index (κ1) is 20.4. The molecule has 0 amide bonds. The first-order chi connectivity index (χ1) is 11.8. The van der Waals surface area contributed by atoms with Gasteiger partial charge in [0.25, 0.3) is 0 Å². The van der Waals surface area contributed by atoms with E-state index in [2.05, 4.69) is 10.1 Å². The number of aliphatic carboxylic acids is 1. The van der Waals surface area contributed by atoms with E-state index in [1.807, 2.05) is 0 Å². The van der Waals surface area contributed by atoms with Crippen molar-refractivity contribution in [1.29, 1.82) is 0 Å². The highest BCUT2D eigenvalue weighted by Gasteiger charge is 2.17. The fraction of sp³-hybridized carbons (Fsp3) is 0.529. The SMILES string of the molecule is CCN=C(C(=O)O)C(CCCCCn1nc(C)cc1C(=O)O)=C(C)N. The Morgan fingerprint density at radius 3 is 2.48 bits per heavy atom. The minimum atomic E-state index is -1.07. The molecule has 0 aromatic carbocycles. The van der Waals surface area contributed by atoms with Gasteiger partial charge in [-0.2, -0.15) is 5.10 Å². The molecule has 0 aliphatic rings. The predicted octanol–water partition coefficient (Wildman–Crippen LogP) is 2.23. The Morgan fingerprint density at radius 1 is 1.28 bits per heavy atom. The first-order valence-electron chi connectivity index (χ1n) is 8.29. The van der Waals surface area contributed by atoms with Gasteiger partial charge in [0.1, 0.15) is 11.4 Å². The Labute approximate surface area is 147 Å². The largest absolute Gasteiger partial charge is 0.477 e. The van der Waals surface area contributed by atoms with Gasteiger partial charge in [0.2, 0.25) is 0 Å². The lowest BCUT2D eigenvalue weighted by Gasteiger charge is -2.10. The summed E-state index contributed by atoms with van der Waals surface area (Å²) in [5, 5.41) is 22.6. The van der Waals surface area contributed by atoms with E-state index in [0.29, 0.717) is 36.5 Å². The molecule has 0 spiro atoms. The van der Waals surface area contributed by atoms with Gasteiger partial charge >= 0.3 is 11.9 Å². The molecule has 25 heavy (non-hydrogen) atoms. The molecule has 0 radical (unpaired) electrons. The van der Waals surface area contributed by atoms with E-state index in [4.69, 9.17) is 10.8 Å². The average Bonchev–Trinajstić information content (AvgIpc) is 2.89. The Morgan fingerprint density at radius 2 is 1.96 bits per heavy atom. The third-order valence-electron chi connectivity index (χ3n) is 3.70. The highest BCUT2D eigenvalue weighted by Crippen LogP contribution is 2.15. The number of aliphatic imine (C=N–C) groups is 1. The van der Waals surface area contributed by atoms with Crippen LogP contribution in [0.4, 0.5) is 0 Å². The number of nitrogens with zero attached hydrogens (tertiary/aromatic N) is 3. The number of hydrogen-bond acceptors (Lipinski definition) is 5. The molecule has 1 aromatic heterocycles. The quantitative estimate of drug-likeness (QED) is 0.438. The fourth-order valence-corrected chi connectivity index (χ4v) is 2.58. The molecular weight excluding hydrogens is 324 g/mol. The van der Waals surface area contributed by atoms with Crippen molar-refractivity contribution in [2.24, 2.45) is 10.7 Å². The maximum absolute atomic E-state index is 11.3. The van der Waals surface area contributed by atoms with Crippen molar-refractivity contribution < 1.29 is 19.8 Å². The number of carboxylic acid groups (broad SMARTS) is 2. The van der Waals surface area contributed by atoms with E-state index in [0.717, 1.165) is 19.3 Å². The van der Waals surface area contributed by atoms with E-state index in [-0.39, 0.29) is 11.4 Å². The highest BCUT2D eigenvalue weighted by atomic mass is 16.4. The number of hydrogen-bond donors (Lipinski definition) is 3. The number of aromatic nitrogens is 2. The van der Waals surface area contributed by atoms with Crippen molar-refractivity contribution in [1.82, 2.24) is 9.78 Å². The summed E-state index contributed by atoms with van der Waals surface area (Å²) in [4.78, 5) is 26.5. The van der Waals surface area contributed by atoms with E-state index >= 15 is 0 Å². The second kappa shape index (κ2) is 9.61. The molecular formula is C17H26N4O4. The van der Waals surface area contributed by atoms with E-state index < -0.39 is 11.9 Å². The van der Waals surface area contributed by atoms with Crippen LogP contribution in [0.5, 0.6) is 0 Å². The first-order valence-corrected chi connectivity index (χ1v) is 8.29. The van der Waals surface area contributed by atoms with Gasteiger partial charge in [0.15, 0.2) is 0 Å². The number of allylic oxidation sites excluding steroid dienone is 1. The van der Waals surface area contributed by atoms with Gasteiger partial charge in [0.05, 0.1) is 5.69 Å². The van der Waals surface area contributed by atoms with Gasteiger partial charge in [-0.05, 0) is 46.1 Å². The van der Waals surface area contributed by atoms with Crippen molar-refractivity contribution >= 4 is 17.7 Å². The van der Waals surface area contributed by atoms with Gasteiger partial charge in [-0.3, -0.25) is 9.67 Å². The summed E-state index contributed by atoms with van der Waals surface area (Å²) < 4.78 is 1.49. The number of aryl methyl sites for hydroxylation is 2. The molecule has 0 aliphatic heterocycles. The molecule has 1 aromatic rings. The van der Waals surface area contributed by atoms with Crippen LogP contribution in [0.1, 0.15) is 55.7 Å². The molecule has 0 fully saturated rings. The summed E-state index contributed by atoms with van der Waals surface area (Å²) in [6.45, 7) is 6.10. The van der Waals surface area contributed by atoms with Crippen LogP contribution >= 0.6 is 0 Å². The molecule has 8 heteroatoms. The molecule has 138 valence electrons. The van der Waals surface area contributed by atoms with Gasteiger partial charge in [-0.25, -0.2) is 9.59 Å². The second-order valence-electron chi connectivity index (χ2n) is 5.80. The highest BCUT2D eigenvalue weighted by molar-refractivity contribution is 6.42. The molecule has 0 atom stereocenters. The van der Waals surface area contributed by atoms with Gasteiger partial charge in [-0.1, -0.05) is 6.42 Å². The van der Waals surface area contributed by atoms with E-state index in [1.165, 1.54) is 4.68 Å². The third kappa shape index (κ3) is 6.06. The summed E-state index contributed by atoms with van der Waals surface area (Å²) in [5.74, 6) is -2.06. The summed E-state index contributed by atoms with van der Waals surface area (Å²) in [6, 6.07) is 1.54. The van der Waals surface area contributed by atoms with Gasteiger partial charge in [0, 0.05) is 24.4 Å². The number of unbranched alkanes of at least 4 members (excludes halogenated alkanes) is 2. The van der Waals surface area contributed by atoms with Crippen LogP contribution in [-0.4, -0.2) is 44.2 Å². The lowest BCUT2D eigenvalue weighted by molar-refractivity contribution is -0.129. The van der Waals surface area contributed by atoms with Gasteiger partial charge < -0.3 is 15.9 Å². The number of carbonyl (C=O) groups is 2. The zero-order valence-electron chi connectivity index (χ0n) is 14.9. The normalized spacial score (nSPS) is 12.8. The van der Waals surface area contributed by atoms with Crippen molar-refractivity contribution in [2.45, 2.75) is 53.0 Å². The Kier molecular flexibility index (Phi) is 7.84. The molecule has 0 aliphatic carbocycles. The molecule has 8 nitrogen and oxygen atoms in total. The van der Waals surface area contributed by atoms with Crippen molar-refractivity contribution in [3.8, 4) is 0 Å².